The summed E-state index contributed by atoms with van der Waals surface area (Å²) in [4.78, 5) is 0. The molecule has 40 valence electrons. The third kappa shape index (κ3) is 94.7. The van der Waals surface area contributed by atoms with Crippen molar-refractivity contribution < 1.29 is 51.8 Å². The van der Waals surface area contributed by atoms with Crippen molar-refractivity contribution >= 4 is 48.1 Å². The van der Waals surface area contributed by atoms with Crippen LogP contribution in [0.5, 0.6) is 0 Å². The second kappa shape index (κ2) is 9.06. The molecule has 0 amide bonds. The quantitative estimate of drug-likeness (QED) is 0.209. The van der Waals surface area contributed by atoms with Crippen molar-refractivity contribution in [2.45, 2.75) is 0 Å². The van der Waals surface area contributed by atoms with Crippen molar-refractivity contribution in [3.63, 3.8) is 0 Å². The van der Waals surface area contributed by atoms with Gasteiger partial charge in [0.15, 0.2) is 0 Å². The molecule has 0 bridgehead atoms. The molecule has 0 aliphatic heterocycles. The fourth-order valence-corrected chi connectivity index (χ4v) is 0. The van der Waals surface area contributed by atoms with Crippen LogP contribution >= 0.6 is 0 Å². The SMILES string of the molecule is O=S(=O)([O-])[O-].[Ca+2].[F-].[Na+]. The fraction of sp³-hybridized carbons (Fsp3) is 0. The van der Waals surface area contributed by atoms with Crippen LogP contribution in [0.15, 0.2) is 0 Å². The van der Waals surface area contributed by atoms with Gasteiger partial charge in [0.1, 0.15) is 0 Å². The molecule has 0 aromatic carbocycles. The molecule has 0 atom stereocenters. The van der Waals surface area contributed by atoms with E-state index in [1.54, 1.807) is 0 Å². The van der Waals surface area contributed by atoms with Crippen LogP contribution in [-0.2, 0) is 10.4 Å². The zero-order valence-corrected chi connectivity index (χ0v) is 9.15. The standard InChI is InChI=1S/Ca.FH.Na.H2O4S/c;;;1-5(2,3)4/h;1H;;(H2,1,2,3,4)/q+2;;+1;/p-3. The molecule has 0 fully saturated rings. The summed E-state index contributed by atoms with van der Waals surface area (Å²) in [5.41, 5.74) is 0. The molecule has 0 radical (unpaired) electrons. The molecule has 8 heteroatoms. The van der Waals surface area contributed by atoms with Crippen LogP contribution in [0.4, 0.5) is 0 Å². The summed E-state index contributed by atoms with van der Waals surface area (Å²) in [5.74, 6) is 0. The topological polar surface area (TPSA) is 80.3 Å². The fourth-order valence-electron chi connectivity index (χ4n) is 0. The van der Waals surface area contributed by atoms with Gasteiger partial charge >= 0.3 is 67.3 Å². The van der Waals surface area contributed by atoms with E-state index < -0.39 is 10.4 Å². The van der Waals surface area contributed by atoms with Crippen LogP contribution in [-0.4, -0.2) is 55.3 Å². The summed E-state index contributed by atoms with van der Waals surface area (Å²) >= 11 is 0. The maximum Gasteiger partial charge on any atom is 2.00 e. The molecule has 0 spiro atoms. The van der Waals surface area contributed by atoms with E-state index in [-0.39, 0.29) is 72.0 Å². The van der Waals surface area contributed by atoms with E-state index in [0.717, 1.165) is 0 Å². The zero-order valence-electron chi connectivity index (χ0n) is 4.13. The average Bonchev–Trinajstić information content (AvgIpc) is 0.722. The van der Waals surface area contributed by atoms with Gasteiger partial charge in [0.2, 0.25) is 0 Å². The third-order valence-corrected chi connectivity index (χ3v) is 0. The Bertz CT molecular complexity index is 99.2. The molecule has 0 unspecified atom stereocenters. The molecule has 0 rings (SSSR count). The average molecular weight is 178 g/mol. The smallest absolute Gasteiger partial charge is 1.00 e. The molecule has 4 nitrogen and oxygen atoms in total. The van der Waals surface area contributed by atoms with Gasteiger partial charge in [0, 0.05) is 10.4 Å². The number of hydrogen-bond acceptors (Lipinski definition) is 4. The Morgan fingerprint density at radius 3 is 1.12 bits per heavy atom. The van der Waals surface area contributed by atoms with Gasteiger partial charge in [-0.15, -0.1) is 0 Å². The molecule has 0 heterocycles. The second-order valence-corrected chi connectivity index (χ2v) is 1.22. The van der Waals surface area contributed by atoms with Gasteiger partial charge in [0.25, 0.3) is 0 Å². The summed E-state index contributed by atoms with van der Waals surface area (Å²) < 4.78 is 34.1. The molecular formula is CaFNaO4S. The number of hydrogen-bond donors (Lipinski definition) is 0. The molecule has 8 heavy (non-hydrogen) atoms. The summed E-state index contributed by atoms with van der Waals surface area (Å²) in [7, 11) is -5.17. The monoisotopic (exact) mass is 178 g/mol. The maximum absolute atomic E-state index is 8.52. The van der Waals surface area contributed by atoms with Gasteiger partial charge in [0.05, 0.1) is 0 Å². The Labute approximate surface area is 98.3 Å². The minimum Gasteiger partial charge on any atom is -1.00 e. The van der Waals surface area contributed by atoms with Crippen LogP contribution in [0.2, 0.25) is 0 Å². The second-order valence-electron chi connectivity index (χ2n) is 0.408. The van der Waals surface area contributed by atoms with Crippen LogP contribution in [0.1, 0.15) is 0 Å². The predicted molar refractivity (Wildman–Crippen MR) is 16.2 cm³/mol. The minimum absolute atomic E-state index is 0. The van der Waals surface area contributed by atoms with Gasteiger partial charge in [-0.3, -0.25) is 8.42 Å². The predicted octanol–water partition coefficient (Wildman–Crippen LogP) is -7.71. The largest absolute Gasteiger partial charge is 2.00 e. The van der Waals surface area contributed by atoms with E-state index in [9.17, 15) is 0 Å². The van der Waals surface area contributed by atoms with Gasteiger partial charge < -0.3 is 13.8 Å². The molecular weight excluding hydrogens is 178 g/mol. The van der Waals surface area contributed by atoms with Crippen molar-refractivity contribution in [1.82, 2.24) is 0 Å². The molecule has 0 N–H and O–H groups in total. The van der Waals surface area contributed by atoms with E-state index in [0.29, 0.717) is 0 Å². The number of rotatable bonds is 0. The van der Waals surface area contributed by atoms with Gasteiger partial charge in [-0.2, -0.15) is 0 Å². The van der Waals surface area contributed by atoms with E-state index in [1.807, 2.05) is 0 Å². The maximum atomic E-state index is 8.52. The van der Waals surface area contributed by atoms with Crippen LogP contribution < -0.4 is 34.3 Å². The van der Waals surface area contributed by atoms with E-state index >= 15 is 0 Å². The molecule has 0 aliphatic carbocycles. The summed E-state index contributed by atoms with van der Waals surface area (Å²) in [5, 5.41) is 0. The van der Waals surface area contributed by atoms with Crippen LogP contribution in [0, 0.1) is 0 Å². The molecule has 0 aromatic rings. The molecule has 0 saturated carbocycles. The van der Waals surface area contributed by atoms with Crippen molar-refractivity contribution in [3.05, 3.63) is 0 Å². The Morgan fingerprint density at radius 2 is 1.12 bits per heavy atom. The Morgan fingerprint density at radius 1 is 1.12 bits per heavy atom. The van der Waals surface area contributed by atoms with Crippen molar-refractivity contribution in [2.24, 2.45) is 0 Å². The Kier molecular flexibility index (Phi) is 25.5. The first kappa shape index (κ1) is 22.5. The first-order chi connectivity index (χ1) is 2.00. The Balaban J connectivity index is -0.0000000267. The first-order valence-electron chi connectivity index (χ1n) is 0.667. The normalized spacial score (nSPS) is 7.25. The molecule has 0 aliphatic rings. The van der Waals surface area contributed by atoms with E-state index in [1.165, 1.54) is 0 Å². The molecule has 0 aromatic heterocycles. The molecule has 0 saturated heterocycles. The zero-order chi connectivity index (χ0) is 4.50. The number of halogens is 1. The van der Waals surface area contributed by atoms with Crippen molar-refractivity contribution in [2.75, 3.05) is 0 Å². The third-order valence-electron chi connectivity index (χ3n) is 0. The minimum atomic E-state index is -5.17. The van der Waals surface area contributed by atoms with Gasteiger partial charge in [-0.05, 0) is 0 Å². The van der Waals surface area contributed by atoms with E-state index in [2.05, 4.69) is 0 Å². The van der Waals surface area contributed by atoms with Gasteiger partial charge in [-0.1, -0.05) is 0 Å². The van der Waals surface area contributed by atoms with Crippen LogP contribution in [0.25, 0.3) is 0 Å². The summed E-state index contributed by atoms with van der Waals surface area (Å²) in [6.07, 6.45) is 0. The summed E-state index contributed by atoms with van der Waals surface area (Å²) in [6, 6.07) is 0. The van der Waals surface area contributed by atoms with Crippen molar-refractivity contribution in [3.8, 4) is 0 Å². The van der Waals surface area contributed by atoms with Gasteiger partial charge in [-0.25, -0.2) is 0 Å². The van der Waals surface area contributed by atoms with Crippen LogP contribution in [0.3, 0.4) is 0 Å². The summed E-state index contributed by atoms with van der Waals surface area (Å²) in [6.45, 7) is 0. The first-order valence-corrected chi connectivity index (χ1v) is 2.00. The Hall–Kier alpha value is 2.06. The van der Waals surface area contributed by atoms with Crippen molar-refractivity contribution in [1.29, 1.82) is 0 Å². The van der Waals surface area contributed by atoms with E-state index in [4.69, 9.17) is 17.5 Å².